The quantitative estimate of drug-likeness (QED) is 0.920. The van der Waals surface area contributed by atoms with Crippen molar-refractivity contribution in [3.8, 4) is 0 Å². The van der Waals surface area contributed by atoms with Gasteiger partial charge in [0.15, 0.2) is 5.01 Å². The maximum Gasteiger partial charge on any atom is 0.280 e. The average molecular weight is 260 g/mol. The Balaban J connectivity index is 2.08. The third-order valence-corrected chi connectivity index (χ3v) is 3.94. The van der Waals surface area contributed by atoms with Crippen LogP contribution in [-0.2, 0) is 0 Å². The lowest BCUT2D eigenvalue weighted by Crippen LogP contribution is -2.26. The molecule has 0 saturated heterocycles. The summed E-state index contributed by atoms with van der Waals surface area (Å²) in [6.07, 6.45) is 0. The summed E-state index contributed by atoms with van der Waals surface area (Å²) >= 11 is 1.44. The minimum atomic E-state index is -0.104. The summed E-state index contributed by atoms with van der Waals surface area (Å²) in [5.41, 5.74) is 2.02. The van der Waals surface area contributed by atoms with Gasteiger partial charge in [-0.25, -0.2) is 4.98 Å². The van der Waals surface area contributed by atoms with Crippen molar-refractivity contribution in [1.82, 2.24) is 10.3 Å². The molecule has 0 saturated carbocycles. The maximum absolute atomic E-state index is 12.0. The van der Waals surface area contributed by atoms with E-state index in [2.05, 4.69) is 10.3 Å². The number of aromatic nitrogens is 1. The fourth-order valence-corrected chi connectivity index (χ4v) is 2.47. The Kier molecular flexibility index (Phi) is 3.77. The smallest absolute Gasteiger partial charge is 0.280 e. The van der Waals surface area contributed by atoms with Crippen LogP contribution in [0.15, 0.2) is 30.3 Å². The van der Waals surface area contributed by atoms with Gasteiger partial charge in [-0.1, -0.05) is 30.3 Å². The Hall–Kier alpha value is -1.68. The van der Waals surface area contributed by atoms with E-state index in [-0.39, 0.29) is 11.9 Å². The molecule has 0 spiro atoms. The van der Waals surface area contributed by atoms with E-state index in [0.29, 0.717) is 5.01 Å². The SMILES string of the molecule is Cc1nc(C(=O)NC(C)c2ccccc2)sc1C. The molecule has 1 N–H and O–H groups in total. The number of benzene rings is 1. The van der Waals surface area contributed by atoms with Crippen molar-refractivity contribution in [2.75, 3.05) is 0 Å². The monoisotopic (exact) mass is 260 g/mol. The van der Waals surface area contributed by atoms with Gasteiger partial charge in [0.25, 0.3) is 5.91 Å². The number of nitrogens with one attached hydrogen (secondary N) is 1. The highest BCUT2D eigenvalue weighted by Crippen LogP contribution is 2.18. The van der Waals surface area contributed by atoms with Crippen molar-refractivity contribution in [2.45, 2.75) is 26.8 Å². The molecule has 3 nitrogen and oxygen atoms in total. The molecular formula is C14H16N2OS. The topological polar surface area (TPSA) is 42.0 Å². The van der Waals surface area contributed by atoms with Crippen LogP contribution in [0.2, 0.25) is 0 Å². The molecule has 0 bridgehead atoms. The van der Waals surface area contributed by atoms with Crippen LogP contribution in [0.5, 0.6) is 0 Å². The van der Waals surface area contributed by atoms with Crippen LogP contribution in [0, 0.1) is 13.8 Å². The molecule has 0 fully saturated rings. The molecule has 0 aliphatic heterocycles. The summed E-state index contributed by atoms with van der Waals surface area (Å²) in [6.45, 7) is 5.87. The van der Waals surface area contributed by atoms with Crippen LogP contribution in [0.25, 0.3) is 0 Å². The van der Waals surface area contributed by atoms with Gasteiger partial charge in [0, 0.05) is 4.88 Å². The molecule has 0 aliphatic rings. The van der Waals surface area contributed by atoms with Crippen molar-refractivity contribution < 1.29 is 4.79 Å². The molecule has 0 radical (unpaired) electrons. The molecule has 1 unspecified atom stereocenters. The van der Waals surface area contributed by atoms with Crippen molar-refractivity contribution >= 4 is 17.2 Å². The minimum Gasteiger partial charge on any atom is -0.343 e. The third-order valence-electron chi connectivity index (χ3n) is 2.87. The first-order chi connectivity index (χ1) is 8.58. The second-order valence-electron chi connectivity index (χ2n) is 4.27. The van der Waals surface area contributed by atoms with Gasteiger partial charge in [-0.2, -0.15) is 0 Å². The maximum atomic E-state index is 12.0. The van der Waals surface area contributed by atoms with Crippen LogP contribution < -0.4 is 5.32 Å². The van der Waals surface area contributed by atoms with Crippen molar-refractivity contribution in [3.63, 3.8) is 0 Å². The number of rotatable bonds is 3. The number of aryl methyl sites for hydroxylation is 2. The van der Waals surface area contributed by atoms with E-state index in [1.165, 1.54) is 11.3 Å². The molecule has 0 aliphatic carbocycles. The van der Waals surface area contributed by atoms with Gasteiger partial charge in [-0.15, -0.1) is 11.3 Å². The third kappa shape index (κ3) is 2.76. The van der Waals surface area contributed by atoms with Gasteiger partial charge in [0.05, 0.1) is 11.7 Å². The molecule has 94 valence electrons. The predicted octanol–water partition coefficient (Wildman–Crippen LogP) is 3.25. The highest BCUT2D eigenvalue weighted by Gasteiger charge is 2.15. The Bertz CT molecular complexity index is 529. The number of carbonyl (C=O) groups is 1. The molecule has 1 aromatic heterocycles. The molecule has 1 heterocycles. The van der Waals surface area contributed by atoms with Crippen molar-refractivity contribution in [1.29, 1.82) is 0 Å². The Morgan fingerprint density at radius 2 is 1.94 bits per heavy atom. The lowest BCUT2D eigenvalue weighted by molar-refractivity contribution is 0.0939. The second-order valence-corrected chi connectivity index (χ2v) is 5.47. The molecule has 1 amide bonds. The summed E-state index contributed by atoms with van der Waals surface area (Å²) in [7, 11) is 0. The standard InChI is InChI=1S/C14H16N2OS/c1-9-11(3)18-14(16-9)13(17)15-10(2)12-7-5-4-6-8-12/h4-8,10H,1-3H3,(H,15,17). The van der Waals surface area contributed by atoms with Crippen LogP contribution in [0.3, 0.4) is 0 Å². The van der Waals surface area contributed by atoms with Gasteiger partial charge in [0.1, 0.15) is 0 Å². The minimum absolute atomic E-state index is 0.0109. The molecule has 2 aromatic rings. The number of thiazole rings is 1. The zero-order valence-corrected chi connectivity index (χ0v) is 11.5. The highest BCUT2D eigenvalue weighted by atomic mass is 32.1. The zero-order valence-electron chi connectivity index (χ0n) is 10.7. The van der Waals surface area contributed by atoms with Crippen LogP contribution in [-0.4, -0.2) is 10.9 Å². The van der Waals surface area contributed by atoms with Crippen molar-refractivity contribution in [3.05, 3.63) is 51.5 Å². The van der Waals surface area contributed by atoms with Crippen LogP contribution in [0.1, 0.15) is 38.9 Å². The fraction of sp³-hybridized carbons (Fsp3) is 0.286. The first-order valence-electron chi connectivity index (χ1n) is 5.87. The lowest BCUT2D eigenvalue weighted by Gasteiger charge is -2.12. The fourth-order valence-electron chi connectivity index (χ4n) is 1.65. The van der Waals surface area contributed by atoms with Gasteiger partial charge < -0.3 is 5.32 Å². The summed E-state index contributed by atoms with van der Waals surface area (Å²) in [5.74, 6) is -0.104. The highest BCUT2D eigenvalue weighted by molar-refractivity contribution is 7.13. The normalized spacial score (nSPS) is 12.2. The van der Waals surface area contributed by atoms with Gasteiger partial charge in [0.2, 0.25) is 0 Å². The second kappa shape index (κ2) is 5.31. The zero-order chi connectivity index (χ0) is 13.1. The number of nitrogens with zero attached hydrogens (tertiary/aromatic N) is 1. The molecule has 1 atom stereocenters. The van der Waals surface area contributed by atoms with E-state index >= 15 is 0 Å². The number of carbonyl (C=O) groups excluding carboxylic acids is 1. The van der Waals surface area contributed by atoms with E-state index in [1.807, 2.05) is 51.1 Å². The first kappa shape index (κ1) is 12.8. The summed E-state index contributed by atoms with van der Waals surface area (Å²) in [5, 5.41) is 3.50. The van der Waals surface area contributed by atoms with Gasteiger partial charge >= 0.3 is 0 Å². The van der Waals surface area contributed by atoms with Crippen molar-refractivity contribution in [2.24, 2.45) is 0 Å². The van der Waals surface area contributed by atoms with Crippen LogP contribution >= 0.6 is 11.3 Å². The molecular weight excluding hydrogens is 244 g/mol. The Labute approximate surface area is 111 Å². The van der Waals surface area contributed by atoms with E-state index in [9.17, 15) is 4.79 Å². The average Bonchev–Trinajstić information content (AvgIpc) is 2.71. The van der Waals surface area contributed by atoms with E-state index in [1.54, 1.807) is 0 Å². The summed E-state index contributed by atoms with van der Waals surface area (Å²) < 4.78 is 0. The molecule has 18 heavy (non-hydrogen) atoms. The molecule has 2 rings (SSSR count). The molecule has 4 heteroatoms. The largest absolute Gasteiger partial charge is 0.343 e. The number of hydrogen-bond donors (Lipinski definition) is 1. The van der Waals surface area contributed by atoms with Crippen LogP contribution in [0.4, 0.5) is 0 Å². The number of hydrogen-bond acceptors (Lipinski definition) is 3. The van der Waals surface area contributed by atoms with E-state index < -0.39 is 0 Å². The summed E-state index contributed by atoms with van der Waals surface area (Å²) in [6, 6.07) is 9.90. The van der Waals surface area contributed by atoms with Gasteiger partial charge in [-0.05, 0) is 26.3 Å². The first-order valence-corrected chi connectivity index (χ1v) is 6.69. The lowest BCUT2D eigenvalue weighted by atomic mass is 10.1. The van der Waals surface area contributed by atoms with E-state index in [0.717, 1.165) is 16.1 Å². The predicted molar refractivity (Wildman–Crippen MR) is 73.9 cm³/mol. The van der Waals surface area contributed by atoms with Gasteiger partial charge in [-0.3, -0.25) is 4.79 Å². The van der Waals surface area contributed by atoms with E-state index in [4.69, 9.17) is 0 Å². The Morgan fingerprint density at radius 3 is 2.50 bits per heavy atom. The summed E-state index contributed by atoms with van der Waals surface area (Å²) in [4.78, 5) is 17.4. The number of amides is 1. The molecule has 1 aromatic carbocycles. The Morgan fingerprint density at radius 1 is 1.28 bits per heavy atom.